The molecule has 0 saturated heterocycles. The highest BCUT2D eigenvalue weighted by molar-refractivity contribution is 4.91. The fraction of sp³-hybridized carbons (Fsp3) is 0.895. The van der Waals surface area contributed by atoms with Crippen LogP contribution >= 0.6 is 0 Å². The summed E-state index contributed by atoms with van der Waals surface area (Å²) in [4.78, 5) is 10.1. The largest absolute Gasteiger partial charge is 0.343 e. The van der Waals surface area contributed by atoms with E-state index in [0.29, 0.717) is 0 Å². The second kappa shape index (κ2) is 17.6. The van der Waals surface area contributed by atoms with Gasteiger partial charge in [0, 0.05) is 6.42 Å². The van der Waals surface area contributed by atoms with E-state index >= 15 is 0 Å². The number of hydrogen-bond donors (Lipinski definition) is 0. The zero-order valence-corrected chi connectivity index (χ0v) is 14.8. The molecule has 0 heterocycles. The molecule has 0 radical (unpaired) electrons. The first-order chi connectivity index (χ1) is 10.3. The second-order valence-corrected chi connectivity index (χ2v) is 5.99. The Morgan fingerprint density at radius 1 is 0.714 bits per heavy atom. The highest BCUT2D eigenvalue weighted by Crippen LogP contribution is 2.15. The molecule has 2 heteroatoms. The van der Waals surface area contributed by atoms with Crippen molar-refractivity contribution < 1.29 is 9.78 Å². The summed E-state index contributed by atoms with van der Waals surface area (Å²) in [5.41, 5.74) is 0. The molecule has 0 aromatic heterocycles. The van der Waals surface area contributed by atoms with Gasteiger partial charge in [-0.3, -0.25) is 0 Å². The Morgan fingerprint density at radius 3 is 1.81 bits per heavy atom. The molecule has 0 rings (SSSR count). The van der Waals surface area contributed by atoms with Gasteiger partial charge in [-0.25, -0.2) is 0 Å². The van der Waals surface area contributed by atoms with E-state index in [1.807, 2.05) is 0 Å². The fourth-order valence-corrected chi connectivity index (χ4v) is 2.55. The first kappa shape index (κ1) is 20.5. The van der Waals surface area contributed by atoms with Crippen molar-refractivity contribution in [2.24, 2.45) is 0 Å². The molecule has 0 N–H and O–H groups in total. The number of allylic oxidation sites excluding steroid dienone is 2. The normalized spacial score (nSPS) is 11.9. The summed E-state index contributed by atoms with van der Waals surface area (Å²) in [6, 6.07) is 0. The van der Waals surface area contributed by atoms with Gasteiger partial charge < -0.3 is 4.89 Å². The Morgan fingerprint density at radius 2 is 1.24 bits per heavy atom. The van der Waals surface area contributed by atoms with Crippen LogP contribution in [0.4, 0.5) is 0 Å². The third-order valence-electron chi connectivity index (χ3n) is 3.90. The predicted octanol–water partition coefficient (Wildman–Crippen LogP) is 6.95. The summed E-state index contributed by atoms with van der Waals surface area (Å²) < 4.78 is 0. The van der Waals surface area contributed by atoms with Crippen molar-refractivity contribution in [2.45, 2.75) is 104 Å². The molecule has 0 aliphatic carbocycles. The quantitative estimate of drug-likeness (QED) is 0.133. The summed E-state index contributed by atoms with van der Waals surface area (Å²) in [6.45, 7) is 4.52. The summed E-state index contributed by atoms with van der Waals surface area (Å²) >= 11 is 0. The highest BCUT2D eigenvalue weighted by atomic mass is 17.2. The van der Waals surface area contributed by atoms with Gasteiger partial charge in [-0.2, -0.15) is 4.89 Å². The molecule has 0 unspecified atom stereocenters. The first-order valence-electron chi connectivity index (χ1n) is 9.24. The molecule has 2 nitrogen and oxygen atoms in total. The molecule has 0 fully saturated rings. The molecule has 0 aromatic rings. The minimum atomic E-state index is 1.02. The lowest BCUT2D eigenvalue weighted by atomic mass is 10.1. The van der Waals surface area contributed by atoms with Crippen molar-refractivity contribution in [1.82, 2.24) is 0 Å². The van der Waals surface area contributed by atoms with Gasteiger partial charge in [0.05, 0.1) is 7.11 Å². The lowest BCUT2D eigenvalue weighted by Gasteiger charge is -2.07. The number of rotatable bonds is 16. The maximum Gasteiger partial charge on any atom is 0.138 e. The summed E-state index contributed by atoms with van der Waals surface area (Å²) in [5, 5.41) is 0. The van der Waals surface area contributed by atoms with Crippen molar-refractivity contribution in [3.05, 3.63) is 11.8 Å². The maximum absolute atomic E-state index is 5.28. The van der Waals surface area contributed by atoms with Crippen LogP contribution < -0.4 is 0 Å². The SMILES string of the molecule is CCCCCCCC/C=C(/CCCCCCCC)OOC. The summed E-state index contributed by atoms with van der Waals surface area (Å²) in [7, 11) is 1.60. The van der Waals surface area contributed by atoms with Gasteiger partial charge in [0.15, 0.2) is 0 Å². The molecule has 0 aliphatic rings. The van der Waals surface area contributed by atoms with Gasteiger partial charge in [0.2, 0.25) is 0 Å². The monoisotopic (exact) mass is 298 g/mol. The summed E-state index contributed by atoms with van der Waals surface area (Å²) in [5.74, 6) is 1.03. The smallest absolute Gasteiger partial charge is 0.138 e. The van der Waals surface area contributed by atoms with Crippen LogP contribution in [0.5, 0.6) is 0 Å². The zero-order chi connectivity index (χ0) is 15.6. The molecule has 0 atom stereocenters. The Balaban J connectivity index is 3.61. The Labute approximate surface area is 133 Å². The minimum absolute atomic E-state index is 1.02. The average molecular weight is 299 g/mol. The summed E-state index contributed by atoms with van der Waals surface area (Å²) in [6.07, 6.45) is 20.4. The van der Waals surface area contributed by atoms with Crippen LogP contribution in [-0.2, 0) is 9.78 Å². The number of hydrogen-bond acceptors (Lipinski definition) is 2. The van der Waals surface area contributed by atoms with Gasteiger partial charge >= 0.3 is 0 Å². The Bertz CT molecular complexity index is 224. The second-order valence-electron chi connectivity index (χ2n) is 5.99. The maximum atomic E-state index is 5.28. The van der Waals surface area contributed by atoms with Gasteiger partial charge in [-0.05, 0) is 25.3 Å². The third kappa shape index (κ3) is 15.7. The van der Waals surface area contributed by atoms with Crippen LogP contribution in [0.25, 0.3) is 0 Å². The van der Waals surface area contributed by atoms with Crippen molar-refractivity contribution in [2.75, 3.05) is 7.11 Å². The number of unbranched alkanes of at least 4 members (excludes halogenated alkanes) is 11. The van der Waals surface area contributed by atoms with Crippen LogP contribution in [0.15, 0.2) is 11.8 Å². The zero-order valence-electron chi connectivity index (χ0n) is 14.8. The van der Waals surface area contributed by atoms with E-state index < -0.39 is 0 Å². The van der Waals surface area contributed by atoms with Crippen molar-refractivity contribution in [3.63, 3.8) is 0 Å². The Hall–Kier alpha value is -0.500. The molecule has 0 spiro atoms. The van der Waals surface area contributed by atoms with E-state index in [9.17, 15) is 0 Å². The van der Waals surface area contributed by atoms with E-state index in [1.165, 1.54) is 77.0 Å². The molecule has 0 aliphatic heterocycles. The van der Waals surface area contributed by atoms with E-state index in [1.54, 1.807) is 7.11 Å². The van der Waals surface area contributed by atoms with Gasteiger partial charge in [0.1, 0.15) is 5.76 Å². The average Bonchev–Trinajstić information content (AvgIpc) is 2.49. The van der Waals surface area contributed by atoms with E-state index in [2.05, 4.69) is 19.9 Å². The molecule has 0 amide bonds. The molecule has 21 heavy (non-hydrogen) atoms. The topological polar surface area (TPSA) is 18.5 Å². The molecule has 0 saturated carbocycles. The first-order valence-corrected chi connectivity index (χ1v) is 9.24. The molecular formula is C19H38O2. The highest BCUT2D eigenvalue weighted by Gasteiger charge is 2.00. The van der Waals surface area contributed by atoms with Crippen LogP contribution in [0.3, 0.4) is 0 Å². The fourth-order valence-electron chi connectivity index (χ4n) is 2.55. The van der Waals surface area contributed by atoms with Crippen LogP contribution in [0.1, 0.15) is 104 Å². The van der Waals surface area contributed by atoms with Gasteiger partial charge in [0.25, 0.3) is 0 Å². The van der Waals surface area contributed by atoms with Crippen molar-refractivity contribution in [3.8, 4) is 0 Å². The molecule has 0 aromatic carbocycles. The molecular weight excluding hydrogens is 260 g/mol. The molecule has 0 bridgehead atoms. The van der Waals surface area contributed by atoms with Gasteiger partial charge in [-0.1, -0.05) is 78.1 Å². The predicted molar refractivity (Wildman–Crippen MR) is 92.2 cm³/mol. The lowest BCUT2D eigenvalue weighted by Crippen LogP contribution is -1.92. The standard InChI is InChI=1S/C19H38O2/c1-4-6-8-10-12-14-16-18-19(21-20-3)17-15-13-11-9-7-5-2/h18H,4-17H2,1-3H3/b19-18-. The van der Waals surface area contributed by atoms with E-state index in [-0.39, 0.29) is 0 Å². The lowest BCUT2D eigenvalue weighted by molar-refractivity contribution is -0.239. The van der Waals surface area contributed by atoms with Crippen molar-refractivity contribution in [1.29, 1.82) is 0 Å². The van der Waals surface area contributed by atoms with Crippen LogP contribution in [-0.4, -0.2) is 7.11 Å². The Kier molecular flexibility index (Phi) is 17.1. The van der Waals surface area contributed by atoms with E-state index in [4.69, 9.17) is 9.78 Å². The van der Waals surface area contributed by atoms with Crippen LogP contribution in [0.2, 0.25) is 0 Å². The third-order valence-corrected chi connectivity index (χ3v) is 3.90. The van der Waals surface area contributed by atoms with Gasteiger partial charge in [-0.15, -0.1) is 0 Å². The minimum Gasteiger partial charge on any atom is -0.343 e. The van der Waals surface area contributed by atoms with Crippen molar-refractivity contribution >= 4 is 0 Å². The van der Waals surface area contributed by atoms with Crippen LogP contribution in [0, 0.1) is 0 Å². The molecule has 126 valence electrons. The van der Waals surface area contributed by atoms with E-state index in [0.717, 1.165) is 18.6 Å².